The molecule has 4 rings (SSSR count). The zero-order valence-electron chi connectivity index (χ0n) is 18.3. The number of amides is 1. The van der Waals surface area contributed by atoms with Crippen molar-refractivity contribution < 1.29 is 13.2 Å². The van der Waals surface area contributed by atoms with Crippen molar-refractivity contribution in [2.75, 3.05) is 5.32 Å². The van der Waals surface area contributed by atoms with E-state index in [1.54, 1.807) is 31.3 Å². The van der Waals surface area contributed by atoms with Crippen LogP contribution in [0.25, 0.3) is 5.65 Å². The van der Waals surface area contributed by atoms with Gasteiger partial charge in [0.15, 0.2) is 0 Å². The highest BCUT2D eigenvalue weighted by Gasteiger charge is 2.19. The van der Waals surface area contributed by atoms with Crippen LogP contribution in [0.15, 0.2) is 70.5 Å². The fourth-order valence-corrected chi connectivity index (χ4v) is 5.30. The third-order valence-corrected chi connectivity index (χ3v) is 7.16. The van der Waals surface area contributed by atoms with E-state index in [2.05, 4.69) is 20.3 Å². The number of hydrogen-bond donors (Lipinski definition) is 3. The quantitative estimate of drug-likeness (QED) is 0.337. The van der Waals surface area contributed by atoms with Crippen LogP contribution in [0.5, 0.6) is 0 Å². The van der Waals surface area contributed by atoms with Gasteiger partial charge in [0, 0.05) is 36.2 Å². The molecule has 3 heterocycles. The molecule has 0 saturated heterocycles. The molecule has 0 aliphatic rings. The monoisotopic (exact) mass is 483 g/mol. The summed E-state index contributed by atoms with van der Waals surface area (Å²) in [5.41, 5.74) is 3.36. The number of benzene rings is 1. The lowest BCUT2D eigenvalue weighted by atomic mass is 10.1. The number of rotatable bonds is 9. The first kappa shape index (κ1) is 23.0. The molecule has 8 nitrogen and oxygen atoms in total. The molecular weight excluding hydrogens is 458 g/mol. The van der Waals surface area contributed by atoms with E-state index in [-0.39, 0.29) is 29.0 Å². The number of anilines is 1. The van der Waals surface area contributed by atoms with Gasteiger partial charge in [0.2, 0.25) is 10.0 Å². The molecule has 0 spiro atoms. The lowest BCUT2D eigenvalue weighted by molar-refractivity contribution is 0.0950. The Morgan fingerprint density at radius 3 is 2.73 bits per heavy atom. The van der Waals surface area contributed by atoms with Gasteiger partial charge in [-0.25, -0.2) is 18.1 Å². The molecule has 33 heavy (non-hydrogen) atoms. The van der Waals surface area contributed by atoms with Crippen LogP contribution in [-0.4, -0.2) is 29.8 Å². The molecule has 0 fully saturated rings. The van der Waals surface area contributed by atoms with Crippen molar-refractivity contribution in [3.05, 3.63) is 82.4 Å². The Labute approximate surface area is 196 Å². The van der Waals surface area contributed by atoms with Crippen molar-refractivity contribution in [1.29, 1.82) is 0 Å². The molecule has 0 unspecified atom stereocenters. The van der Waals surface area contributed by atoms with Crippen LogP contribution in [0.1, 0.15) is 35.5 Å². The zero-order chi connectivity index (χ0) is 23.4. The van der Waals surface area contributed by atoms with Gasteiger partial charge in [-0.1, -0.05) is 6.07 Å². The average molecular weight is 484 g/mol. The Hall–Kier alpha value is -3.21. The minimum atomic E-state index is -3.78. The van der Waals surface area contributed by atoms with E-state index >= 15 is 0 Å². The van der Waals surface area contributed by atoms with Crippen molar-refractivity contribution in [3.63, 3.8) is 0 Å². The fourth-order valence-electron chi connectivity index (χ4n) is 3.31. The van der Waals surface area contributed by atoms with E-state index < -0.39 is 10.0 Å². The molecule has 0 radical (unpaired) electrons. The average Bonchev–Trinajstić information content (AvgIpc) is 3.44. The summed E-state index contributed by atoms with van der Waals surface area (Å²) < 4.78 is 30.0. The summed E-state index contributed by atoms with van der Waals surface area (Å²) in [5, 5.41) is 10.0. The zero-order valence-corrected chi connectivity index (χ0v) is 19.9. The molecule has 1 aromatic carbocycles. The lowest BCUT2D eigenvalue weighted by Gasteiger charge is -2.14. The van der Waals surface area contributed by atoms with Crippen molar-refractivity contribution in [2.45, 2.75) is 37.9 Å². The van der Waals surface area contributed by atoms with E-state index in [1.165, 1.54) is 12.1 Å². The molecule has 3 N–H and O–H groups in total. The van der Waals surface area contributed by atoms with Crippen molar-refractivity contribution in [3.8, 4) is 0 Å². The normalized spacial score (nSPS) is 11.7. The van der Waals surface area contributed by atoms with Gasteiger partial charge in [0.25, 0.3) is 5.91 Å². The van der Waals surface area contributed by atoms with E-state index in [4.69, 9.17) is 0 Å². The van der Waals surface area contributed by atoms with Gasteiger partial charge in [0.1, 0.15) is 5.65 Å². The van der Waals surface area contributed by atoms with E-state index in [9.17, 15) is 13.2 Å². The standard InChI is InChI=1S/C23H25N5O3S2/c1-16(2)27-33(30,31)21-10-18(9-19(11-21)24-12-17-6-8-32-15-17)23(29)25-13-20-14-28-7-4-3-5-22(28)26-20/h3-11,14-16,24,27H,12-13H2,1-2H3,(H,25,29). The van der Waals surface area contributed by atoms with Crippen molar-refractivity contribution in [1.82, 2.24) is 19.4 Å². The number of hydrogen-bond acceptors (Lipinski definition) is 6. The number of sulfonamides is 1. The second kappa shape index (κ2) is 9.74. The maximum absolute atomic E-state index is 12.9. The van der Waals surface area contributed by atoms with Gasteiger partial charge in [-0.3, -0.25) is 4.79 Å². The maximum Gasteiger partial charge on any atom is 0.251 e. The van der Waals surface area contributed by atoms with Crippen molar-refractivity contribution >= 4 is 38.6 Å². The number of carbonyl (C=O) groups is 1. The SMILES string of the molecule is CC(C)NS(=O)(=O)c1cc(NCc2ccsc2)cc(C(=O)NCc2cn3ccccc3n2)c1. The first-order valence-corrected chi connectivity index (χ1v) is 12.9. The molecule has 3 aromatic heterocycles. The Balaban J connectivity index is 1.56. The summed E-state index contributed by atoms with van der Waals surface area (Å²) in [6, 6.07) is 12.0. The molecule has 0 aliphatic carbocycles. The number of pyridine rings is 1. The summed E-state index contributed by atoms with van der Waals surface area (Å²) in [7, 11) is -3.78. The predicted molar refractivity (Wildman–Crippen MR) is 130 cm³/mol. The molecular formula is C23H25N5O3S2. The first-order valence-electron chi connectivity index (χ1n) is 10.4. The van der Waals surface area contributed by atoms with Crippen LogP contribution >= 0.6 is 11.3 Å². The largest absolute Gasteiger partial charge is 0.381 e. The summed E-state index contributed by atoms with van der Waals surface area (Å²) in [4.78, 5) is 17.4. The molecule has 0 atom stereocenters. The van der Waals surface area contributed by atoms with Gasteiger partial charge in [0.05, 0.1) is 17.1 Å². The highest BCUT2D eigenvalue weighted by atomic mass is 32.2. The van der Waals surface area contributed by atoms with Crippen LogP contribution in [0, 0.1) is 0 Å². The molecule has 10 heteroatoms. The van der Waals surface area contributed by atoms with Crippen LogP contribution in [0.2, 0.25) is 0 Å². The highest BCUT2D eigenvalue weighted by molar-refractivity contribution is 7.89. The third kappa shape index (κ3) is 5.78. The van der Waals surface area contributed by atoms with E-state index in [0.717, 1.165) is 11.2 Å². The van der Waals surface area contributed by atoms with Crippen LogP contribution in [-0.2, 0) is 23.1 Å². The first-order chi connectivity index (χ1) is 15.8. The summed E-state index contributed by atoms with van der Waals surface area (Å²) in [5.74, 6) is -0.382. The van der Waals surface area contributed by atoms with E-state index in [0.29, 0.717) is 17.9 Å². The molecule has 4 aromatic rings. The number of nitrogens with one attached hydrogen (secondary N) is 3. The number of aromatic nitrogens is 2. The Morgan fingerprint density at radius 1 is 1.15 bits per heavy atom. The molecule has 0 aliphatic heterocycles. The molecule has 1 amide bonds. The summed E-state index contributed by atoms with van der Waals surface area (Å²) in [6.45, 7) is 4.24. The molecule has 0 saturated carbocycles. The predicted octanol–water partition coefficient (Wildman–Crippen LogP) is 3.62. The van der Waals surface area contributed by atoms with Gasteiger partial charge in [-0.2, -0.15) is 11.3 Å². The topological polar surface area (TPSA) is 105 Å². The minimum Gasteiger partial charge on any atom is -0.381 e. The summed E-state index contributed by atoms with van der Waals surface area (Å²) in [6.07, 6.45) is 3.73. The van der Waals surface area contributed by atoms with Gasteiger partial charge >= 0.3 is 0 Å². The Morgan fingerprint density at radius 2 is 2.00 bits per heavy atom. The number of thiophene rings is 1. The van der Waals surface area contributed by atoms with Crippen LogP contribution < -0.4 is 15.4 Å². The smallest absolute Gasteiger partial charge is 0.251 e. The number of imidazole rings is 1. The fraction of sp³-hybridized carbons (Fsp3) is 0.217. The van der Waals surface area contributed by atoms with Crippen LogP contribution in [0.3, 0.4) is 0 Å². The molecule has 0 bridgehead atoms. The highest BCUT2D eigenvalue weighted by Crippen LogP contribution is 2.21. The molecule has 172 valence electrons. The minimum absolute atomic E-state index is 0.0319. The second-order valence-corrected chi connectivity index (χ2v) is 10.4. The number of nitrogens with zero attached hydrogens (tertiary/aromatic N) is 2. The summed E-state index contributed by atoms with van der Waals surface area (Å²) >= 11 is 1.59. The lowest BCUT2D eigenvalue weighted by Crippen LogP contribution is -2.30. The van der Waals surface area contributed by atoms with E-state index in [1.807, 2.05) is 51.8 Å². The van der Waals surface area contributed by atoms with Crippen LogP contribution in [0.4, 0.5) is 5.69 Å². The van der Waals surface area contributed by atoms with Crippen molar-refractivity contribution in [2.24, 2.45) is 0 Å². The Bertz CT molecular complexity index is 1330. The second-order valence-electron chi connectivity index (χ2n) is 7.89. The van der Waals surface area contributed by atoms with Gasteiger partial charge < -0.3 is 15.0 Å². The number of fused-ring (bicyclic) bond motifs is 1. The Kier molecular flexibility index (Phi) is 6.77. The van der Waals surface area contributed by atoms with Gasteiger partial charge in [-0.15, -0.1) is 0 Å². The van der Waals surface area contributed by atoms with Gasteiger partial charge in [-0.05, 0) is 66.6 Å². The maximum atomic E-state index is 12.9. The third-order valence-electron chi connectivity index (χ3n) is 4.79. The number of carbonyl (C=O) groups excluding carboxylic acids is 1.